The molecule has 5 nitrogen and oxygen atoms in total. The van der Waals surface area contributed by atoms with Crippen LogP contribution in [0.15, 0.2) is 36.8 Å². The Balaban J connectivity index is 1.92. The lowest BCUT2D eigenvalue weighted by Gasteiger charge is -2.06. The lowest BCUT2D eigenvalue weighted by Crippen LogP contribution is -2.25. The maximum atomic E-state index is 12.5. The third kappa shape index (κ3) is 2.77. The van der Waals surface area contributed by atoms with Gasteiger partial charge in [-0.1, -0.05) is 29.3 Å². The number of nitrogens with one attached hydrogen (secondary N) is 1. The predicted molar refractivity (Wildman–Crippen MR) is 85.4 cm³/mol. The molecule has 1 amide bonds. The van der Waals surface area contributed by atoms with Gasteiger partial charge in [0, 0.05) is 25.1 Å². The largest absolute Gasteiger partial charge is 0.347 e. The molecule has 3 aromatic rings. The number of amides is 1. The number of halogens is 2. The molecule has 0 aliphatic heterocycles. The van der Waals surface area contributed by atoms with Crippen molar-refractivity contribution in [2.24, 2.45) is 0 Å². The van der Waals surface area contributed by atoms with E-state index in [1.165, 1.54) is 0 Å². The Morgan fingerprint density at radius 2 is 2.23 bits per heavy atom. The summed E-state index contributed by atoms with van der Waals surface area (Å²) in [5.41, 5.74) is 2.43. The number of nitrogens with zero attached hydrogens (tertiary/aromatic N) is 3. The van der Waals surface area contributed by atoms with E-state index >= 15 is 0 Å². The zero-order chi connectivity index (χ0) is 15.7. The highest BCUT2D eigenvalue weighted by Gasteiger charge is 2.18. The fraction of sp³-hybridized carbons (Fsp3) is 0.133. The van der Waals surface area contributed by atoms with Crippen LogP contribution in [0.5, 0.6) is 0 Å². The van der Waals surface area contributed by atoms with Crippen molar-refractivity contribution >= 4 is 34.8 Å². The lowest BCUT2D eigenvalue weighted by molar-refractivity contribution is 0.0944. The molecular weight excluding hydrogens is 323 g/mol. The van der Waals surface area contributed by atoms with Crippen molar-refractivity contribution in [3.8, 4) is 0 Å². The van der Waals surface area contributed by atoms with Gasteiger partial charge in [0.05, 0.1) is 15.7 Å². The molecule has 0 aromatic carbocycles. The highest BCUT2D eigenvalue weighted by Crippen LogP contribution is 2.24. The monoisotopic (exact) mass is 334 g/mol. The van der Waals surface area contributed by atoms with Crippen molar-refractivity contribution in [1.82, 2.24) is 19.7 Å². The summed E-state index contributed by atoms with van der Waals surface area (Å²) in [7, 11) is 0. The molecular formula is C15H12Cl2N4O. The average molecular weight is 335 g/mol. The van der Waals surface area contributed by atoms with Crippen molar-refractivity contribution in [2.75, 3.05) is 0 Å². The molecule has 0 aliphatic rings. The summed E-state index contributed by atoms with van der Waals surface area (Å²) in [6, 6.07) is 5.31. The van der Waals surface area contributed by atoms with E-state index in [0.29, 0.717) is 33.6 Å². The molecule has 0 spiro atoms. The first-order chi connectivity index (χ1) is 10.6. The van der Waals surface area contributed by atoms with Gasteiger partial charge in [-0.25, -0.2) is 4.98 Å². The van der Waals surface area contributed by atoms with E-state index in [4.69, 9.17) is 23.2 Å². The van der Waals surface area contributed by atoms with Crippen molar-refractivity contribution < 1.29 is 4.79 Å². The Morgan fingerprint density at radius 3 is 2.95 bits per heavy atom. The van der Waals surface area contributed by atoms with Crippen LogP contribution >= 0.6 is 23.2 Å². The number of rotatable bonds is 3. The molecule has 0 unspecified atom stereocenters. The molecule has 112 valence electrons. The number of aromatic nitrogens is 3. The average Bonchev–Trinajstić information content (AvgIpc) is 2.82. The minimum absolute atomic E-state index is 0.243. The van der Waals surface area contributed by atoms with Crippen LogP contribution in [0.3, 0.4) is 0 Å². The van der Waals surface area contributed by atoms with Gasteiger partial charge in [0.25, 0.3) is 5.91 Å². The second-order valence-corrected chi connectivity index (χ2v) is 5.63. The summed E-state index contributed by atoms with van der Waals surface area (Å²) in [5, 5.41) is 3.69. The zero-order valence-electron chi connectivity index (χ0n) is 11.7. The molecule has 3 aromatic heterocycles. The topological polar surface area (TPSA) is 59.3 Å². The maximum Gasteiger partial charge on any atom is 0.270 e. The molecule has 3 heterocycles. The van der Waals surface area contributed by atoms with Gasteiger partial charge in [-0.15, -0.1) is 0 Å². The van der Waals surface area contributed by atoms with Crippen LogP contribution in [0, 0.1) is 6.92 Å². The Morgan fingerprint density at radius 1 is 1.41 bits per heavy atom. The van der Waals surface area contributed by atoms with Gasteiger partial charge in [-0.2, -0.15) is 0 Å². The van der Waals surface area contributed by atoms with Gasteiger partial charge in [0.1, 0.15) is 5.69 Å². The number of carbonyl (C=O) groups is 1. The summed E-state index contributed by atoms with van der Waals surface area (Å²) in [6.07, 6.45) is 5.01. The van der Waals surface area contributed by atoms with Gasteiger partial charge in [-0.3, -0.25) is 14.2 Å². The Bertz CT molecular complexity index is 846. The van der Waals surface area contributed by atoms with Crippen molar-refractivity contribution in [3.63, 3.8) is 0 Å². The Labute approximate surface area is 136 Å². The number of pyridine rings is 2. The van der Waals surface area contributed by atoms with Crippen molar-refractivity contribution in [3.05, 3.63) is 63.8 Å². The highest BCUT2D eigenvalue weighted by molar-refractivity contribution is 6.36. The number of fused-ring (bicyclic) bond motifs is 1. The zero-order valence-corrected chi connectivity index (χ0v) is 13.2. The number of carbonyl (C=O) groups excluding carboxylic acids is 1. The standard InChI is InChI=1S/C15H12Cl2N4O/c1-9-13(15(22)19-7-10-3-2-4-18-6-10)21-8-11(16)5-12(17)14(21)20-9/h2-6,8H,7H2,1H3,(H,19,22). The summed E-state index contributed by atoms with van der Waals surface area (Å²) in [5.74, 6) is -0.243. The third-order valence-electron chi connectivity index (χ3n) is 3.21. The van der Waals surface area contributed by atoms with Crippen LogP contribution in [-0.4, -0.2) is 20.3 Å². The molecule has 0 atom stereocenters. The smallest absolute Gasteiger partial charge is 0.270 e. The predicted octanol–water partition coefficient (Wildman–Crippen LogP) is 3.27. The van der Waals surface area contributed by atoms with E-state index in [2.05, 4.69) is 15.3 Å². The van der Waals surface area contributed by atoms with Crippen molar-refractivity contribution in [1.29, 1.82) is 0 Å². The quantitative estimate of drug-likeness (QED) is 0.799. The summed E-state index contributed by atoms with van der Waals surface area (Å²) >= 11 is 12.1. The molecule has 7 heteroatoms. The molecule has 0 fully saturated rings. The minimum atomic E-state index is -0.243. The normalized spacial score (nSPS) is 10.9. The Hall–Kier alpha value is -2.11. The van der Waals surface area contributed by atoms with Gasteiger partial charge in [0.2, 0.25) is 0 Å². The molecule has 0 aliphatic carbocycles. The first kappa shape index (κ1) is 14.8. The van der Waals surface area contributed by atoms with Crippen molar-refractivity contribution in [2.45, 2.75) is 13.5 Å². The molecule has 1 N–H and O–H groups in total. The summed E-state index contributed by atoms with van der Waals surface area (Å²) < 4.78 is 1.61. The fourth-order valence-electron chi connectivity index (χ4n) is 2.23. The molecule has 0 saturated carbocycles. The molecule has 0 bridgehead atoms. The number of aryl methyl sites for hydroxylation is 1. The van der Waals surface area contributed by atoms with Crippen LogP contribution in [0.25, 0.3) is 5.65 Å². The highest BCUT2D eigenvalue weighted by atomic mass is 35.5. The number of hydrogen-bond donors (Lipinski definition) is 1. The van der Waals surface area contributed by atoms with E-state index in [1.54, 1.807) is 36.0 Å². The molecule has 0 saturated heterocycles. The van der Waals surface area contributed by atoms with E-state index in [1.807, 2.05) is 12.1 Å². The maximum absolute atomic E-state index is 12.5. The van der Waals surface area contributed by atoms with E-state index in [0.717, 1.165) is 5.56 Å². The van der Waals surface area contributed by atoms with Crippen LogP contribution < -0.4 is 5.32 Å². The van der Waals surface area contributed by atoms with E-state index < -0.39 is 0 Å². The lowest BCUT2D eigenvalue weighted by atomic mass is 10.2. The SMILES string of the molecule is Cc1nc2c(Cl)cc(Cl)cn2c1C(=O)NCc1cccnc1. The number of hydrogen-bond acceptors (Lipinski definition) is 3. The fourth-order valence-corrected chi connectivity index (χ4v) is 2.74. The second kappa shape index (κ2) is 5.94. The van der Waals surface area contributed by atoms with Crippen LogP contribution in [0.4, 0.5) is 0 Å². The summed E-state index contributed by atoms with van der Waals surface area (Å²) in [4.78, 5) is 20.8. The van der Waals surface area contributed by atoms with Crippen LogP contribution in [0.1, 0.15) is 21.7 Å². The van der Waals surface area contributed by atoms with Gasteiger partial charge in [0.15, 0.2) is 5.65 Å². The number of imidazole rings is 1. The minimum Gasteiger partial charge on any atom is -0.347 e. The van der Waals surface area contributed by atoms with Crippen LogP contribution in [0.2, 0.25) is 10.0 Å². The van der Waals surface area contributed by atoms with Crippen LogP contribution in [-0.2, 0) is 6.54 Å². The van der Waals surface area contributed by atoms with Gasteiger partial charge < -0.3 is 5.32 Å². The molecule has 0 radical (unpaired) electrons. The second-order valence-electron chi connectivity index (χ2n) is 4.79. The summed E-state index contributed by atoms with van der Waals surface area (Å²) in [6.45, 7) is 2.14. The third-order valence-corrected chi connectivity index (χ3v) is 3.69. The van der Waals surface area contributed by atoms with Gasteiger partial charge in [-0.05, 0) is 24.6 Å². The Kier molecular flexibility index (Phi) is 4.00. The van der Waals surface area contributed by atoms with E-state index in [9.17, 15) is 4.79 Å². The molecule has 22 heavy (non-hydrogen) atoms. The van der Waals surface area contributed by atoms with E-state index in [-0.39, 0.29) is 5.91 Å². The first-order valence-electron chi connectivity index (χ1n) is 6.57. The first-order valence-corrected chi connectivity index (χ1v) is 7.32. The van der Waals surface area contributed by atoms with Gasteiger partial charge >= 0.3 is 0 Å². The molecule has 3 rings (SSSR count).